The third-order valence-electron chi connectivity index (χ3n) is 4.11. The van der Waals surface area contributed by atoms with Crippen molar-refractivity contribution in [2.75, 3.05) is 34.4 Å². The Morgan fingerprint density at radius 2 is 1.59 bits per heavy atom. The van der Waals surface area contributed by atoms with Crippen molar-refractivity contribution in [2.45, 2.75) is 0 Å². The summed E-state index contributed by atoms with van der Waals surface area (Å²) in [6.45, 7) is 1.50. The van der Waals surface area contributed by atoms with Crippen molar-refractivity contribution in [2.24, 2.45) is 0 Å². The fourth-order valence-corrected chi connectivity index (χ4v) is 2.85. The highest BCUT2D eigenvalue weighted by atomic mass is 35.5. The van der Waals surface area contributed by atoms with Gasteiger partial charge in [0.2, 0.25) is 0 Å². The third-order valence-corrected chi connectivity index (χ3v) is 4.33. The minimum Gasteiger partial charge on any atom is -0.497 e. The predicted molar refractivity (Wildman–Crippen MR) is 111 cm³/mol. The van der Waals surface area contributed by atoms with E-state index in [9.17, 15) is 0 Å². The molecular formula is C22H23ClN2O2. The first kappa shape index (κ1) is 19.2. The van der Waals surface area contributed by atoms with Crippen LogP contribution >= 0.6 is 11.6 Å². The standard InChI is InChI=1S/C22H23ClN2O2/c1-25(2)11-12-27-20-6-4-5-17(13-20)22-15-18(23)14-21(24-22)16-7-9-19(26-3)10-8-16/h4-10,13-15H,11-12H2,1-3H3. The van der Waals surface area contributed by atoms with Crippen LogP contribution in [0.3, 0.4) is 0 Å². The molecule has 5 heteroatoms. The second-order valence-corrected chi connectivity index (χ2v) is 6.90. The SMILES string of the molecule is COc1ccc(-c2cc(Cl)cc(-c3cccc(OCCN(C)C)c3)n2)cc1. The maximum Gasteiger partial charge on any atom is 0.120 e. The molecule has 3 aromatic rings. The minimum absolute atomic E-state index is 0.635. The van der Waals surface area contributed by atoms with E-state index in [1.165, 1.54) is 0 Å². The Kier molecular flexibility index (Phi) is 6.32. The number of halogens is 1. The van der Waals surface area contributed by atoms with Gasteiger partial charge in [-0.25, -0.2) is 4.98 Å². The quantitative estimate of drug-likeness (QED) is 0.574. The van der Waals surface area contributed by atoms with Gasteiger partial charge in [0.25, 0.3) is 0 Å². The van der Waals surface area contributed by atoms with E-state index in [4.69, 9.17) is 26.1 Å². The molecule has 0 N–H and O–H groups in total. The second-order valence-electron chi connectivity index (χ2n) is 6.46. The van der Waals surface area contributed by atoms with Gasteiger partial charge in [-0.2, -0.15) is 0 Å². The summed E-state index contributed by atoms with van der Waals surface area (Å²) in [5.74, 6) is 1.63. The Bertz CT molecular complexity index is 895. The number of ether oxygens (including phenoxy) is 2. The average Bonchev–Trinajstić information content (AvgIpc) is 2.67. The van der Waals surface area contributed by atoms with Gasteiger partial charge in [-0.1, -0.05) is 23.7 Å². The van der Waals surface area contributed by atoms with Crippen molar-refractivity contribution in [1.82, 2.24) is 9.88 Å². The zero-order valence-corrected chi connectivity index (χ0v) is 16.5. The fraction of sp³-hybridized carbons (Fsp3) is 0.227. The van der Waals surface area contributed by atoms with Gasteiger partial charge < -0.3 is 14.4 Å². The van der Waals surface area contributed by atoms with E-state index in [1.54, 1.807) is 7.11 Å². The zero-order valence-electron chi connectivity index (χ0n) is 15.8. The van der Waals surface area contributed by atoms with E-state index < -0.39 is 0 Å². The summed E-state index contributed by atoms with van der Waals surface area (Å²) >= 11 is 6.37. The largest absolute Gasteiger partial charge is 0.497 e. The Labute approximate surface area is 165 Å². The van der Waals surface area contributed by atoms with Crippen LogP contribution in [0.1, 0.15) is 0 Å². The average molecular weight is 383 g/mol. The highest BCUT2D eigenvalue weighted by molar-refractivity contribution is 6.31. The molecule has 0 fully saturated rings. The van der Waals surface area contributed by atoms with Gasteiger partial charge in [-0.15, -0.1) is 0 Å². The topological polar surface area (TPSA) is 34.6 Å². The molecule has 1 aromatic heterocycles. The van der Waals surface area contributed by atoms with Crippen LogP contribution in [0.15, 0.2) is 60.7 Å². The first-order valence-electron chi connectivity index (χ1n) is 8.75. The van der Waals surface area contributed by atoms with Crippen molar-refractivity contribution in [3.05, 3.63) is 65.7 Å². The highest BCUT2D eigenvalue weighted by Gasteiger charge is 2.08. The monoisotopic (exact) mass is 382 g/mol. The Morgan fingerprint density at radius 3 is 2.26 bits per heavy atom. The Hall–Kier alpha value is -2.56. The second kappa shape index (κ2) is 8.89. The number of methoxy groups -OCH3 is 1. The van der Waals surface area contributed by atoms with E-state index in [0.717, 1.165) is 40.6 Å². The van der Waals surface area contributed by atoms with Gasteiger partial charge in [-0.3, -0.25) is 0 Å². The molecule has 0 unspecified atom stereocenters. The summed E-state index contributed by atoms with van der Waals surface area (Å²) in [5.41, 5.74) is 3.58. The molecule has 1 heterocycles. The molecule has 27 heavy (non-hydrogen) atoms. The third kappa shape index (κ3) is 5.22. The fourth-order valence-electron chi connectivity index (χ4n) is 2.65. The summed E-state index contributed by atoms with van der Waals surface area (Å²) in [6.07, 6.45) is 0. The number of hydrogen-bond donors (Lipinski definition) is 0. The molecule has 0 atom stereocenters. The Balaban J connectivity index is 1.87. The molecule has 0 spiro atoms. The molecule has 3 rings (SSSR count). The maximum absolute atomic E-state index is 6.37. The van der Waals surface area contributed by atoms with Crippen molar-refractivity contribution < 1.29 is 9.47 Å². The predicted octanol–water partition coefficient (Wildman–Crippen LogP) is 5.02. The van der Waals surface area contributed by atoms with Crippen molar-refractivity contribution in [1.29, 1.82) is 0 Å². The van der Waals surface area contributed by atoms with Crippen LogP contribution in [0.4, 0.5) is 0 Å². The minimum atomic E-state index is 0.635. The lowest BCUT2D eigenvalue weighted by Crippen LogP contribution is -2.19. The molecule has 2 aromatic carbocycles. The smallest absolute Gasteiger partial charge is 0.120 e. The lowest BCUT2D eigenvalue weighted by molar-refractivity contribution is 0.261. The van der Waals surface area contributed by atoms with Crippen LogP contribution in [0.2, 0.25) is 5.02 Å². The van der Waals surface area contributed by atoms with Crippen LogP contribution in [0.5, 0.6) is 11.5 Å². The summed E-state index contributed by atoms with van der Waals surface area (Å²) in [6, 6.07) is 19.4. The van der Waals surface area contributed by atoms with E-state index in [0.29, 0.717) is 11.6 Å². The molecule has 0 saturated carbocycles. The molecule has 0 bridgehead atoms. The van der Waals surface area contributed by atoms with Gasteiger partial charge in [-0.05, 0) is 62.6 Å². The molecule has 4 nitrogen and oxygen atoms in total. The van der Waals surface area contributed by atoms with Gasteiger partial charge in [0, 0.05) is 22.7 Å². The number of likely N-dealkylation sites (N-methyl/N-ethyl adjacent to an activating group) is 1. The van der Waals surface area contributed by atoms with E-state index in [2.05, 4.69) is 4.90 Å². The number of hydrogen-bond acceptors (Lipinski definition) is 4. The van der Waals surface area contributed by atoms with Crippen LogP contribution in [-0.4, -0.2) is 44.2 Å². The number of pyridine rings is 1. The summed E-state index contributed by atoms with van der Waals surface area (Å²) in [5, 5.41) is 0.643. The molecule has 0 aliphatic carbocycles. The molecule has 0 aliphatic rings. The van der Waals surface area contributed by atoms with E-state index in [-0.39, 0.29) is 0 Å². The van der Waals surface area contributed by atoms with Gasteiger partial charge in [0.05, 0.1) is 18.5 Å². The maximum atomic E-state index is 6.37. The van der Waals surface area contributed by atoms with Crippen molar-refractivity contribution >= 4 is 11.6 Å². The molecule has 0 amide bonds. The summed E-state index contributed by atoms with van der Waals surface area (Å²) in [7, 11) is 5.70. The van der Waals surface area contributed by atoms with E-state index in [1.807, 2.05) is 74.8 Å². The van der Waals surface area contributed by atoms with Crippen LogP contribution in [-0.2, 0) is 0 Å². The Morgan fingerprint density at radius 1 is 0.889 bits per heavy atom. The van der Waals surface area contributed by atoms with Crippen LogP contribution in [0, 0.1) is 0 Å². The number of rotatable bonds is 7. The number of nitrogens with zero attached hydrogens (tertiary/aromatic N) is 2. The van der Waals surface area contributed by atoms with Crippen molar-refractivity contribution in [3.8, 4) is 34.0 Å². The molecular weight excluding hydrogens is 360 g/mol. The zero-order chi connectivity index (χ0) is 19.2. The number of benzene rings is 2. The van der Waals surface area contributed by atoms with Crippen LogP contribution < -0.4 is 9.47 Å². The first-order chi connectivity index (χ1) is 13.0. The van der Waals surface area contributed by atoms with Gasteiger partial charge >= 0.3 is 0 Å². The van der Waals surface area contributed by atoms with Crippen molar-refractivity contribution in [3.63, 3.8) is 0 Å². The highest BCUT2D eigenvalue weighted by Crippen LogP contribution is 2.29. The van der Waals surface area contributed by atoms with Gasteiger partial charge in [0.15, 0.2) is 0 Å². The normalized spacial score (nSPS) is 10.9. The molecule has 0 radical (unpaired) electrons. The van der Waals surface area contributed by atoms with Gasteiger partial charge in [0.1, 0.15) is 18.1 Å². The molecule has 140 valence electrons. The molecule has 0 saturated heterocycles. The summed E-state index contributed by atoms with van der Waals surface area (Å²) in [4.78, 5) is 6.88. The lowest BCUT2D eigenvalue weighted by atomic mass is 10.1. The van der Waals surface area contributed by atoms with Crippen LogP contribution in [0.25, 0.3) is 22.5 Å². The number of aromatic nitrogens is 1. The van der Waals surface area contributed by atoms with E-state index >= 15 is 0 Å². The first-order valence-corrected chi connectivity index (χ1v) is 9.13. The molecule has 0 aliphatic heterocycles. The lowest BCUT2D eigenvalue weighted by Gasteiger charge is -2.12. The summed E-state index contributed by atoms with van der Waals surface area (Å²) < 4.78 is 11.1.